The molecule has 0 aromatic rings. The Morgan fingerprint density at radius 3 is 2.47 bits per heavy atom. The van der Waals surface area contributed by atoms with Crippen molar-refractivity contribution in [2.24, 2.45) is 0 Å². The molecule has 0 aliphatic rings. The smallest absolute Gasteiger partial charge is 0.212 e. The summed E-state index contributed by atoms with van der Waals surface area (Å²) in [4.78, 5) is 0. The topological polar surface area (TPSA) is 37.4 Å². The van der Waals surface area contributed by atoms with Gasteiger partial charge in [0.05, 0.1) is 5.75 Å². The molecule has 0 aliphatic carbocycles. The SMILES string of the molecule is CCC(CSC)N(C)S(=O)(=O)CCCCl. The first-order valence-corrected chi connectivity index (χ1v) is 8.54. The third-order valence-corrected chi connectivity index (χ3v) is 5.28. The average Bonchev–Trinajstić information content (AvgIpc) is 2.22. The number of alkyl halides is 1. The lowest BCUT2D eigenvalue weighted by Gasteiger charge is -2.25. The van der Waals surface area contributed by atoms with Crippen LogP contribution in [0.25, 0.3) is 0 Å². The van der Waals surface area contributed by atoms with E-state index in [1.54, 1.807) is 18.8 Å². The Morgan fingerprint density at radius 2 is 2.07 bits per heavy atom. The Kier molecular flexibility index (Phi) is 8.05. The number of hydrogen-bond acceptors (Lipinski definition) is 3. The molecule has 0 saturated heterocycles. The second-order valence-corrected chi connectivity index (χ2v) is 6.83. The third kappa shape index (κ3) is 5.43. The highest BCUT2D eigenvalue weighted by molar-refractivity contribution is 7.98. The first-order valence-electron chi connectivity index (χ1n) is 5.00. The van der Waals surface area contributed by atoms with E-state index in [0.717, 1.165) is 12.2 Å². The van der Waals surface area contributed by atoms with Gasteiger partial charge in [0.25, 0.3) is 0 Å². The molecule has 0 bridgehead atoms. The lowest BCUT2D eigenvalue weighted by atomic mass is 10.3. The van der Waals surface area contributed by atoms with Gasteiger partial charge in [0.15, 0.2) is 0 Å². The van der Waals surface area contributed by atoms with Crippen molar-refractivity contribution in [2.75, 3.05) is 30.7 Å². The zero-order valence-corrected chi connectivity index (χ0v) is 12.0. The standard InChI is InChI=1S/C9H20ClNO2S2/c1-4-9(8-14-3)11(2)15(12,13)7-5-6-10/h9H,4-8H2,1-3H3. The van der Waals surface area contributed by atoms with Gasteiger partial charge in [-0.2, -0.15) is 11.8 Å². The minimum Gasteiger partial charge on any atom is -0.212 e. The molecule has 0 saturated carbocycles. The normalized spacial score (nSPS) is 14.5. The number of thioether (sulfide) groups is 1. The van der Waals surface area contributed by atoms with Crippen molar-refractivity contribution in [2.45, 2.75) is 25.8 Å². The monoisotopic (exact) mass is 273 g/mol. The molecule has 0 aromatic carbocycles. The minimum absolute atomic E-state index is 0.0975. The molecular formula is C9H20ClNO2S2. The molecule has 1 unspecified atom stereocenters. The Labute approximate surface area is 103 Å². The highest BCUT2D eigenvalue weighted by Crippen LogP contribution is 2.13. The fourth-order valence-corrected chi connectivity index (χ4v) is 3.99. The second-order valence-electron chi connectivity index (χ2n) is 3.39. The lowest BCUT2D eigenvalue weighted by molar-refractivity contribution is 0.385. The molecule has 92 valence electrons. The van der Waals surface area contributed by atoms with Crippen molar-refractivity contribution in [3.8, 4) is 0 Å². The summed E-state index contributed by atoms with van der Waals surface area (Å²) in [6.45, 7) is 2.01. The van der Waals surface area contributed by atoms with Crippen LogP contribution >= 0.6 is 23.4 Å². The third-order valence-electron chi connectivity index (χ3n) is 2.32. The maximum Gasteiger partial charge on any atom is 0.214 e. The van der Waals surface area contributed by atoms with Gasteiger partial charge in [0.1, 0.15) is 0 Å². The number of halogens is 1. The second kappa shape index (κ2) is 7.76. The van der Waals surface area contributed by atoms with Crippen molar-refractivity contribution in [3.05, 3.63) is 0 Å². The van der Waals surface area contributed by atoms with Crippen LogP contribution in [0.1, 0.15) is 19.8 Å². The first-order chi connectivity index (χ1) is 6.99. The zero-order valence-electron chi connectivity index (χ0n) is 9.57. The van der Waals surface area contributed by atoms with Crippen LogP contribution < -0.4 is 0 Å². The molecule has 0 aromatic heterocycles. The summed E-state index contributed by atoms with van der Waals surface area (Å²) >= 11 is 7.17. The molecule has 0 spiro atoms. The van der Waals surface area contributed by atoms with Crippen molar-refractivity contribution in [3.63, 3.8) is 0 Å². The van der Waals surface area contributed by atoms with E-state index in [1.165, 1.54) is 4.31 Å². The van der Waals surface area contributed by atoms with Crippen LogP contribution in [0.3, 0.4) is 0 Å². The molecule has 3 nitrogen and oxygen atoms in total. The Balaban J connectivity index is 4.43. The Hall–Kier alpha value is 0.550. The van der Waals surface area contributed by atoms with Crippen molar-refractivity contribution in [1.29, 1.82) is 0 Å². The minimum atomic E-state index is -3.12. The molecule has 0 amide bonds. The van der Waals surface area contributed by atoms with Crippen LogP contribution in [0.15, 0.2) is 0 Å². The van der Waals surface area contributed by atoms with Crippen LogP contribution in [-0.2, 0) is 10.0 Å². The van der Waals surface area contributed by atoms with Gasteiger partial charge >= 0.3 is 0 Å². The molecule has 0 N–H and O–H groups in total. The summed E-state index contributed by atoms with van der Waals surface area (Å²) in [6.07, 6.45) is 3.35. The van der Waals surface area contributed by atoms with Crippen LogP contribution in [0, 0.1) is 0 Å². The quantitative estimate of drug-likeness (QED) is 0.635. The fourth-order valence-electron chi connectivity index (χ4n) is 1.28. The summed E-state index contributed by atoms with van der Waals surface area (Å²) in [6, 6.07) is 0.0975. The summed E-state index contributed by atoms with van der Waals surface area (Å²) in [7, 11) is -1.46. The van der Waals surface area contributed by atoms with Crippen molar-refractivity contribution < 1.29 is 8.42 Å². The summed E-state index contributed by atoms with van der Waals surface area (Å²) in [5.41, 5.74) is 0. The van der Waals surface area contributed by atoms with E-state index < -0.39 is 10.0 Å². The maximum atomic E-state index is 11.8. The van der Waals surface area contributed by atoms with Gasteiger partial charge in [-0.1, -0.05) is 6.92 Å². The molecular weight excluding hydrogens is 254 g/mol. The number of sulfonamides is 1. The predicted octanol–water partition coefficient (Wildman–Crippen LogP) is 2.02. The van der Waals surface area contributed by atoms with Crippen LogP contribution in [0.4, 0.5) is 0 Å². The number of nitrogens with zero attached hydrogens (tertiary/aromatic N) is 1. The number of hydrogen-bond donors (Lipinski definition) is 0. The van der Waals surface area contributed by atoms with Crippen LogP contribution in [0.5, 0.6) is 0 Å². The summed E-state index contributed by atoms with van der Waals surface area (Å²) < 4.78 is 25.1. The molecule has 0 radical (unpaired) electrons. The number of rotatable bonds is 8. The molecule has 1 atom stereocenters. The molecule has 0 rings (SSSR count). The van der Waals surface area contributed by atoms with Gasteiger partial charge < -0.3 is 0 Å². The lowest BCUT2D eigenvalue weighted by Crippen LogP contribution is -2.39. The molecule has 6 heteroatoms. The summed E-state index contributed by atoms with van der Waals surface area (Å²) in [5, 5.41) is 0. The maximum absolute atomic E-state index is 11.8. The van der Waals surface area contributed by atoms with Crippen LogP contribution in [0.2, 0.25) is 0 Å². The zero-order chi connectivity index (χ0) is 11.9. The van der Waals surface area contributed by atoms with Gasteiger partial charge in [-0.3, -0.25) is 0 Å². The van der Waals surface area contributed by atoms with Crippen LogP contribution in [-0.4, -0.2) is 49.5 Å². The predicted molar refractivity (Wildman–Crippen MR) is 69.3 cm³/mol. The largest absolute Gasteiger partial charge is 0.214 e. The summed E-state index contributed by atoms with van der Waals surface area (Å²) in [5.74, 6) is 1.39. The van der Waals surface area contributed by atoms with Gasteiger partial charge in [-0.15, -0.1) is 11.6 Å². The molecule has 0 fully saturated rings. The van der Waals surface area contributed by atoms with E-state index in [0.29, 0.717) is 12.3 Å². The van der Waals surface area contributed by atoms with Gasteiger partial charge in [-0.25, -0.2) is 12.7 Å². The molecule has 0 heterocycles. The highest BCUT2D eigenvalue weighted by Gasteiger charge is 2.23. The Bertz CT molecular complexity index is 257. The Morgan fingerprint density at radius 1 is 1.47 bits per heavy atom. The molecule has 15 heavy (non-hydrogen) atoms. The van der Waals surface area contributed by atoms with Gasteiger partial charge in [-0.05, 0) is 19.1 Å². The molecule has 0 aliphatic heterocycles. The van der Waals surface area contributed by atoms with E-state index in [9.17, 15) is 8.42 Å². The highest BCUT2D eigenvalue weighted by atomic mass is 35.5. The average molecular weight is 274 g/mol. The fraction of sp³-hybridized carbons (Fsp3) is 1.00. The van der Waals surface area contributed by atoms with E-state index in [1.807, 2.05) is 13.2 Å². The van der Waals surface area contributed by atoms with Gasteiger partial charge in [0.2, 0.25) is 10.0 Å². The van der Waals surface area contributed by atoms with E-state index in [2.05, 4.69) is 0 Å². The van der Waals surface area contributed by atoms with E-state index in [4.69, 9.17) is 11.6 Å². The van der Waals surface area contributed by atoms with E-state index in [-0.39, 0.29) is 11.8 Å². The van der Waals surface area contributed by atoms with Crippen molar-refractivity contribution in [1.82, 2.24) is 4.31 Å². The van der Waals surface area contributed by atoms with E-state index >= 15 is 0 Å². The van der Waals surface area contributed by atoms with Gasteiger partial charge in [0, 0.05) is 24.7 Å². The van der Waals surface area contributed by atoms with Crippen molar-refractivity contribution >= 4 is 33.4 Å². The first kappa shape index (κ1) is 15.6.